The molecule has 3 rings (SSSR count). The molecule has 0 bridgehead atoms. The van der Waals surface area contributed by atoms with Gasteiger partial charge in [-0.15, -0.1) is 0 Å². The van der Waals surface area contributed by atoms with E-state index in [2.05, 4.69) is 4.72 Å². The molecular formula is C21H21ClN2O2S. The van der Waals surface area contributed by atoms with Crippen molar-refractivity contribution in [2.24, 2.45) is 5.73 Å². The van der Waals surface area contributed by atoms with Crippen molar-refractivity contribution in [1.82, 2.24) is 4.72 Å². The molecule has 0 aliphatic heterocycles. The first kappa shape index (κ1) is 19.6. The second-order valence-corrected chi connectivity index (χ2v) is 8.58. The van der Waals surface area contributed by atoms with Crippen LogP contribution in [0.5, 0.6) is 0 Å². The summed E-state index contributed by atoms with van der Waals surface area (Å²) in [6.45, 7) is 1.74. The molecule has 4 nitrogen and oxygen atoms in total. The molecule has 0 aliphatic carbocycles. The lowest BCUT2D eigenvalue weighted by molar-refractivity contribution is 0.452. The lowest BCUT2D eigenvalue weighted by Gasteiger charge is -2.34. The predicted octanol–water partition coefficient (Wildman–Crippen LogP) is 4.07. The van der Waals surface area contributed by atoms with Crippen molar-refractivity contribution in [3.05, 3.63) is 102 Å². The molecule has 0 saturated heterocycles. The van der Waals surface area contributed by atoms with Crippen molar-refractivity contribution in [2.75, 3.05) is 0 Å². The first-order valence-electron chi connectivity index (χ1n) is 8.49. The molecule has 0 radical (unpaired) electrons. The van der Waals surface area contributed by atoms with Gasteiger partial charge in [-0.2, -0.15) is 4.72 Å². The zero-order valence-electron chi connectivity index (χ0n) is 14.8. The first-order chi connectivity index (χ1) is 12.8. The summed E-state index contributed by atoms with van der Waals surface area (Å²) < 4.78 is 28.9. The largest absolute Gasteiger partial charge is 0.321 e. The van der Waals surface area contributed by atoms with E-state index >= 15 is 0 Å². The van der Waals surface area contributed by atoms with E-state index in [1.54, 1.807) is 55.5 Å². The third-order valence-electron chi connectivity index (χ3n) is 4.45. The lowest BCUT2D eigenvalue weighted by Crippen LogP contribution is -2.48. The summed E-state index contributed by atoms with van der Waals surface area (Å²) in [7, 11) is -3.91. The SMILES string of the molecule is Cc1ccccc1S(=O)(=O)N[C@](Cl)(c1ccccc1)[C@H](N)c1ccccc1. The van der Waals surface area contributed by atoms with Gasteiger partial charge in [0.2, 0.25) is 10.0 Å². The molecule has 0 heterocycles. The van der Waals surface area contributed by atoms with Crippen molar-refractivity contribution in [1.29, 1.82) is 0 Å². The summed E-state index contributed by atoms with van der Waals surface area (Å²) in [4.78, 5) is -1.38. The van der Waals surface area contributed by atoms with Crippen LogP contribution in [0.4, 0.5) is 0 Å². The molecule has 0 aliphatic rings. The Hall–Kier alpha value is -2.18. The van der Waals surface area contributed by atoms with Crippen LogP contribution in [-0.2, 0) is 15.0 Å². The summed E-state index contributed by atoms with van der Waals surface area (Å²) in [5.41, 5.74) is 8.40. The molecule has 3 aromatic rings. The van der Waals surface area contributed by atoms with Crippen molar-refractivity contribution < 1.29 is 8.42 Å². The zero-order chi connectivity index (χ0) is 19.5. The van der Waals surface area contributed by atoms with Gasteiger partial charge in [0.1, 0.15) is 0 Å². The minimum Gasteiger partial charge on any atom is -0.321 e. The molecule has 27 heavy (non-hydrogen) atoms. The normalized spacial score (nSPS) is 15.1. The fourth-order valence-electron chi connectivity index (χ4n) is 2.98. The van der Waals surface area contributed by atoms with Crippen LogP contribution in [0.1, 0.15) is 22.7 Å². The van der Waals surface area contributed by atoms with E-state index in [1.807, 2.05) is 36.4 Å². The summed E-state index contributed by atoms with van der Waals surface area (Å²) in [5, 5.41) is 0. The van der Waals surface area contributed by atoms with Crippen LogP contribution >= 0.6 is 11.6 Å². The molecule has 140 valence electrons. The fraction of sp³-hybridized carbons (Fsp3) is 0.143. The van der Waals surface area contributed by atoms with E-state index in [0.29, 0.717) is 11.1 Å². The molecule has 6 heteroatoms. The van der Waals surface area contributed by atoms with Gasteiger partial charge in [-0.25, -0.2) is 8.42 Å². The third-order valence-corrected chi connectivity index (χ3v) is 6.73. The molecule has 0 spiro atoms. The highest BCUT2D eigenvalue weighted by Gasteiger charge is 2.41. The maximum atomic E-state index is 13.1. The number of halogens is 1. The topological polar surface area (TPSA) is 72.2 Å². The number of hydrogen-bond donors (Lipinski definition) is 2. The molecule has 0 saturated carbocycles. The zero-order valence-corrected chi connectivity index (χ0v) is 16.4. The second-order valence-electron chi connectivity index (χ2n) is 6.34. The van der Waals surface area contributed by atoms with Crippen molar-refractivity contribution in [2.45, 2.75) is 22.9 Å². The molecule has 0 amide bonds. The molecule has 3 N–H and O–H groups in total. The van der Waals surface area contributed by atoms with E-state index in [1.165, 1.54) is 0 Å². The lowest BCUT2D eigenvalue weighted by atomic mass is 9.94. The molecule has 2 atom stereocenters. The van der Waals surface area contributed by atoms with Crippen LogP contribution in [0.15, 0.2) is 89.8 Å². The van der Waals surface area contributed by atoms with Crippen LogP contribution in [0.25, 0.3) is 0 Å². The maximum Gasteiger partial charge on any atom is 0.242 e. The number of hydrogen-bond acceptors (Lipinski definition) is 3. The van der Waals surface area contributed by atoms with Crippen LogP contribution in [0, 0.1) is 6.92 Å². The Labute approximate surface area is 165 Å². The van der Waals surface area contributed by atoms with Crippen molar-refractivity contribution in [3.8, 4) is 0 Å². The average molecular weight is 401 g/mol. The first-order valence-corrected chi connectivity index (χ1v) is 10.4. The number of aryl methyl sites for hydroxylation is 1. The van der Waals surface area contributed by atoms with E-state index in [-0.39, 0.29) is 4.90 Å². The number of rotatable bonds is 6. The Morgan fingerprint density at radius 3 is 2.00 bits per heavy atom. The smallest absolute Gasteiger partial charge is 0.242 e. The van der Waals surface area contributed by atoms with Gasteiger partial charge in [0.05, 0.1) is 10.9 Å². The Balaban J connectivity index is 2.10. The average Bonchev–Trinajstić information content (AvgIpc) is 2.68. The Bertz CT molecular complexity index is 1010. The monoisotopic (exact) mass is 400 g/mol. The number of sulfonamides is 1. The predicted molar refractivity (Wildman–Crippen MR) is 109 cm³/mol. The van der Waals surface area contributed by atoms with E-state index in [0.717, 1.165) is 5.56 Å². The molecule has 0 aromatic heterocycles. The Kier molecular flexibility index (Phi) is 5.67. The van der Waals surface area contributed by atoms with Gasteiger partial charge >= 0.3 is 0 Å². The second kappa shape index (κ2) is 7.82. The van der Waals surface area contributed by atoms with E-state index in [4.69, 9.17) is 17.3 Å². The Morgan fingerprint density at radius 1 is 0.889 bits per heavy atom. The van der Waals surface area contributed by atoms with Crippen molar-refractivity contribution >= 4 is 21.6 Å². The van der Waals surface area contributed by atoms with Crippen LogP contribution in [0.2, 0.25) is 0 Å². The van der Waals surface area contributed by atoms with Crippen LogP contribution in [0.3, 0.4) is 0 Å². The highest BCUT2D eigenvalue weighted by atomic mass is 35.5. The van der Waals surface area contributed by atoms with Crippen LogP contribution < -0.4 is 10.5 Å². The fourth-order valence-corrected chi connectivity index (χ4v) is 5.03. The summed E-state index contributed by atoms with van der Waals surface area (Å²) in [6.07, 6.45) is 0. The van der Waals surface area contributed by atoms with Crippen LogP contribution in [-0.4, -0.2) is 8.42 Å². The van der Waals surface area contributed by atoms with Crippen molar-refractivity contribution in [3.63, 3.8) is 0 Å². The highest BCUT2D eigenvalue weighted by molar-refractivity contribution is 7.89. The van der Waals surface area contributed by atoms with Gasteiger partial charge in [0.15, 0.2) is 5.00 Å². The quantitative estimate of drug-likeness (QED) is 0.484. The van der Waals surface area contributed by atoms with Gasteiger partial charge < -0.3 is 5.73 Å². The summed E-state index contributed by atoms with van der Waals surface area (Å²) in [6, 6.07) is 24.1. The van der Waals surface area contributed by atoms with Gasteiger partial charge in [-0.1, -0.05) is 90.5 Å². The number of benzene rings is 3. The van der Waals surface area contributed by atoms with E-state index in [9.17, 15) is 8.42 Å². The standard InChI is InChI=1S/C21H21ClN2O2S/c1-16-10-8-9-15-19(16)27(25,26)24-21(22,18-13-6-3-7-14-18)20(23)17-11-4-2-5-12-17/h2-15,20,24H,23H2,1H3/t20-,21-/m1/s1. The maximum absolute atomic E-state index is 13.1. The third kappa shape index (κ3) is 4.06. The van der Waals surface area contributed by atoms with Gasteiger partial charge in [0.25, 0.3) is 0 Å². The van der Waals surface area contributed by atoms with E-state index < -0.39 is 21.1 Å². The summed E-state index contributed by atoms with van der Waals surface area (Å²) >= 11 is 6.92. The van der Waals surface area contributed by atoms with Gasteiger partial charge in [-0.3, -0.25) is 0 Å². The highest BCUT2D eigenvalue weighted by Crippen LogP contribution is 2.39. The number of nitrogens with two attached hydrogens (primary N) is 1. The van der Waals surface area contributed by atoms with Gasteiger partial charge in [-0.05, 0) is 29.7 Å². The molecule has 3 aromatic carbocycles. The Morgan fingerprint density at radius 2 is 1.41 bits per heavy atom. The van der Waals surface area contributed by atoms with Gasteiger partial charge in [0, 0.05) is 0 Å². The molecular weight excluding hydrogens is 380 g/mol. The number of alkyl halides is 1. The minimum atomic E-state index is -3.91. The minimum absolute atomic E-state index is 0.172. The molecule has 0 unspecified atom stereocenters. The summed E-state index contributed by atoms with van der Waals surface area (Å²) in [5.74, 6) is 0. The number of nitrogens with one attached hydrogen (secondary N) is 1. The molecule has 0 fully saturated rings.